The fraction of sp³-hybridized carbons (Fsp3) is 0.357. The van der Waals surface area contributed by atoms with E-state index in [9.17, 15) is 18.0 Å². The molecule has 0 unspecified atom stereocenters. The summed E-state index contributed by atoms with van der Waals surface area (Å²) in [6.45, 7) is 4.66. The third-order valence-electron chi connectivity index (χ3n) is 6.05. The van der Waals surface area contributed by atoms with Crippen LogP contribution >= 0.6 is 0 Å². The number of nitrogens with zero attached hydrogens (tertiary/aromatic N) is 5. The van der Waals surface area contributed by atoms with Crippen molar-refractivity contribution in [3.8, 4) is 0 Å². The molecule has 1 aliphatic heterocycles. The van der Waals surface area contributed by atoms with Crippen LogP contribution in [0.5, 0.6) is 0 Å². The Morgan fingerprint density at radius 1 is 1.15 bits per heavy atom. The number of nitrogens with one attached hydrogen (secondary N) is 1. The molecule has 4 rings (SSSR count). The maximum atomic E-state index is 12.9. The van der Waals surface area contributed by atoms with Gasteiger partial charge in [0.1, 0.15) is 11.6 Å². The van der Waals surface area contributed by atoms with E-state index in [2.05, 4.69) is 20.3 Å². The summed E-state index contributed by atoms with van der Waals surface area (Å²) in [5.41, 5.74) is 1.25. The number of benzene rings is 2. The fourth-order valence-corrected chi connectivity index (χ4v) is 3.99. The van der Waals surface area contributed by atoms with Gasteiger partial charge in [0.05, 0.1) is 31.6 Å². The van der Waals surface area contributed by atoms with Crippen molar-refractivity contribution in [2.75, 3.05) is 55.2 Å². The Labute approximate surface area is 230 Å². The van der Waals surface area contributed by atoms with Gasteiger partial charge in [-0.15, -0.1) is 0 Å². The molecule has 0 saturated carbocycles. The Kier molecular flexibility index (Phi) is 9.54. The molecule has 0 atom stereocenters. The molecule has 40 heavy (non-hydrogen) atoms. The SMILES string of the molecule is Cc1cccc(C=NN(C)c2cc(N3CCOCC3)nc(CCCOC(=O)Nc3cccc(C(F)(F)F)c3)n2)c1. The second-order valence-electron chi connectivity index (χ2n) is 9.23. The normalized spacial score (nSPS) is 13.9. The fourth-order valence-electron chi connectivity index (χ4n) is 3.99. The molecule has 212 valence electrons. The third-order valence-corrected chi connectivity index (χ3v) is 6.05. The van der Waals surface area contributed by atoms with Gasteiger partial charge in [0.2, 0.25) is 0 Å². The maximum Gasteiger partial charge on any atom is 0.416 e. The first kappa shape index (κ1) is 28.8. The highest BCUT2D eigenvalue weighted by Gasteiger charge is 2.30. The molecule has 2 aromatic carbocycles. The van der Waals surface area contributed by atoms with E-state index in [1.54, 1.807) is 11.2 Å². The summed E-state index contributed by atoms with van der Waals surface area (Å²) in [6, 6.07) is 14.2. The van der Waals surface area contributed by atoms with E-state index >= 15 is 0 Å². The van der Waals surface area contributed by atoms with E-state index in [1.165, 1.54) is 12.1 Å². The number of carbonyl (C=O) groups excluding carboxylic acids is 1. The molecule has 0 radical (unpaired) electrons. The number of morpholine rings is 1. The average Bonchev–Trinajstić information content (AvgIpc) is 2.94. The molecule has 1 saturated heterocycles. The van der Waals surface area contributed by atoms with Gasteiger partial charge in [-0.05, 0) is 37.1 Å². The Hall–Kier alpha value is -4.19. The lowest BCUT2D eigenvalue weighted by Crippen LogP contribution is -2.37. The number of amides is 1. The summed E-state index contributed by atoms with van der Waals surface area (Å²) in [7, 11) is 1.81. The lowest BCUT2D eigenvalue weighted by molar-refractivity contribution is -0.137. The minimum atomic E-state index is -4.50. The van der Waals surface area contributed by atoms with E-state index in [0.717, 1.165) is 29.1 Å². The van der Waals surface area contributed by atoms with Gasteiger partial charge in [-0.2, -0.15) is 18.3 Å². The van der Waals surface area contributed by atoms with Gasteiger partial charge in [0, 0.05) is 38.3 Å². The molecule has 0 aliphatic carbocycles. The first-order valence-electron chi connectivity index (χ1n) is 12.8. The van der Waals surface area contributed by atoms with E-state index < -0.39 is 17.8 Å². The number of hydrogen-bond acceptors (Lipinski definition) is 8. The number of aryl methyl sites for hydroxylation is 2. The molecule has 1 amide bonds. The van der Waals surface area contributed by atoms with Crippen LogP contribution in [-0.4, -0.2) is 62.2 Å². The Balaban J connectivity index is 1.38. The van der Waals surface area contributed by atoms with E-state index in [0.29, 0.717) is 50.8 Å². The minimum absolute atomic E-state index is 0.000248. The van der Waals surface area contributed by atoms with Crippen LogP contribution in [0.2, 0.25) is 0 Å². The van der Waals surface area contributed by atoms with E-state index in [1.807, 2.05) is 44.3 Å². The minimum Gasteiger partial charge on any atom is -0.449 e. The molecule has 1 fully saturated rings. The maximum absolute atomic E-state index is 12.9. The van der Waals surface area contributed by atoms with Crippen molar-refractivity contribution in [1.29, 1.82) is 0 Å². The molecule has 0 bridgehead atoms. The smallest absolute Gasteiger partial charge is 0.416 e. The van der Waals surface area contributed by atoms with Crippen LogP contribution in [-0.2, 0) is 22.1 Å². The second-order valence-corrected chi connectivity index (χ2v) is 9.23. The van der Waals surface area contributed by atoms with Crippen molar-refractivity contribution in [2.24, 2.45) is 5.10 Å². The standard InChI is InChI=1S/C28H31F3N6O3/c1-20-6-3-7-21(16-20)19-32-36(2)25-18-26(37-11-14-39-15-12-37)35-24(34-25)10-5-13-40-27(38)33-23-9-4-8-22(17-23)28(29,30)31/h3-4,6-9,16-19H,5,10-15H2,1-2H3,(H,33,38). The summed E-state index contributed by atoms with van der Waals surface area (Å²) in [6.07, 6.45) is -2.75. The van der Waals surface area contributed by atoms with Crippen LogP contribution < -0.4 is 15.2 Å². The van der Waals surface area contributed by atoms with E-state index in [4.69, 9.17) is 14.5 Å². The van der Waals surface area contributed by atoms with Gasteiger partial charge in [-0.1, -0.05) is 35.9 Å². The zero-order valence-electron chi connectivity index (χ0n) is 22.3. The van der Waals surface area contributed by atoms with Crippen molar-refractivity contribution in [3.63, 3.8) is 0 Å². The zero-order valence-corrected chi connectivity index (χ0v) is 22.3. The topological polar surface area (TPSA) is 92.2 Å². The first-order chi connectivity index (χ1) is 19.2. The molecular weight excluding hydrogens is 525 g/mol. The summed E-state index contributed by atoms with van der Waals surface area (Å²) in [5.74, 6) is 1.92. The quantitative estimate of drug-likeness (QED) is 0.218. The van der Waals surface area contributed by atoms with Crippen molar-refractivity contribution in [1.82, 2.24) is 9.97 Å². The lowest BCUT2D eigenvalue weighted by atomic mass is 10.2. The second kappa shape index (κ2) is 13.2. The van der Waals surface area contributed by atoms with Gasteiger partial charge in [-0.25, -0.2) is 14.8 Å². The number of halogens is 3. The van der Waals surface area contributed by atoms with Gasteiger partial charge >= 0.3 is 12.3 Å². The number of rotatable bonds is 9. The highest BCUT2D eigenvalue weighted by atomic mass is 19.4. The van der Waals surface area contributed by atoms with Crippen molar-refractivity contribution >= 4 is 29.6 Å². The van der Waals surface area contributed by atoms with Gasteiger partial charge in [0.15, 0.2) is 5.82 Å². The van der Waals surface area contributed by atoms with Crippen LogP contribution in [0.4, 0.5) is 35.3 Å². The molecule has 3 aromatic rings. The highest BCUT2D eigenvalue weighted by Crippen LogP contribution is 2.30. The summed E-state index contributed by atoms with van der Waals surface area (Å²) >= 11 is 0. The average molecular weight is 557 g/mol. The number of alkyl halides is 3. The number of anilines is 3. The Bertz CT molecular complexity index is 1330. The molecule has 12 heteroatoms. The molecule has 0 spiro atoms. The highest BCUT2D eigenvalue weighted by molar-refractivity contribution is 5.84. The summed E-state index contributed by atoms with van der Waals surface area (Å²) in [4.78, 5) is 23.6. The number of hydrogen-bond donors (Lipinski definition) is 1. The van der Waals surface area contributed by atoms with Crippen LogP contribution in [0.25, 0.3) is 0 Å². The molecule has 1 aromatic heterocycles. The van der Waals surface area contributed by atoms with Crippen molar-refractivity contribution in [3.05, 3.63) is 77.1 Å². The number of aromatic nitrogens is 2. The largest absolute Gasteiger partial charge is 0.449 e. The monoisotopic (exact) mass is 556 g/mol. The number of hydrazone groups is 1. The molecule has 1 N–H and O–H groups in total. The van der Waals surface area contributed by atoms with Crippen molar-refractivity contribution in [2.45, 2.75) is 25.9 Å². The van der Waals surface area contributed by atoms with E-state index in [-0.39, 0.29) is 12.3 Å². The summed E-state index contributed by atoms with van der Waals surface area (Å²) < 4.78 is 49.3. The third kappa shape index (κ3) is 8.40. The first-order valence-corrected chi connectivity index (χ1v) is 12.8. The van der Waals surface area contributed by atoms with Crippen LogP contribution in [0.15, 0.2) is 59.7 Å². The van der Waals surface area contributed by atoms with Gasteiger partial charge < -0.3 is 14.4 Å². The lowest BCUT2D eigenvalue weighted by Gasteiger charge is -2.28. The number of carbonyl (C=O) groups is 1. The number of ether oxygens (including phenoxy) is 2. The van der Waals surface area contributed by atoms with Crippen molar-refractivity contribution < 1.29 is 27.4 Å². The predicted molar refractivity (Wildman–Crippen MR) is 147 cm³/mol. The Morgan fingerprint density at radius 2 is 1.93 bits per heavy atom. The summed E-state index contributed by atoms with van der Waals surface area (Å²) in [5, 5.41) is 8.54. The van der Waals surface area contributed by atoms with Gasteiger partial charge in [0.25, 0.3) is 0 Å². The molecule has 1 aliphatic rings. The zero-order chi connectivity index (χ0) is 28.5. The molecule has 9 nitrogen and oxygen atoms in total. The molecular formula is C28H31F3N6O3. The van der Waals surface area contributed by atoms with Crippen LogP contribution in [0, 0.1) is 6.92 Å². The van der Waals surface area contributed by atoms with Crippen LogP contribution in [0.3, 0.4) is 0 Å². The predicted octanol–water partition coefficient (Wildman–Crippen LogP) is 5.29. The Morgan fingerprint density at radius 3 is 2.67 bits per heavy atom. The van der Waals surface area contributed by atoms with Crippen LogP contribution in [0.1, 0.15) is 28.9 Å². The van der Waals surface area contributed by atoms with Gasteiger partial charge in [-0.3, -0.25) is 10.3 Å². The molecule has 2 heterocycles.